The SMILES string of the molecule is O=C(Nc1cccc(C(F)(F)F)c1)c1cnc2c(c1)N(C(=O)Cc1cccc(C(F)(F)F)c1)CCC2. The molecule has 0 fully saturated rings. The van der Waals surface area contributed by atoms with Crippen molar-refractivity contribution in [3.8, 4) is 0 Å². The fourth-order valence-corrected chi connectivity index (χ4v) is 3.92. The first kappa shape index (κ1) is 25.2. The molecule has 0 atom stereocenters. The number of hydrogen-bond acceptors (Lipinski definition) is 3. The molecule has 3 aromatic rings. The number of aryl methyl sites for hydroxylation is 1. The van der Waals surface area contributed by atoms with Crippen LogP contribution in [0.4, 0.5) is 37.7 Å². The quantitative estimate of drug-likeness (QED) is 0.448. The van der Waals surface area contributed by atoms with E-state index in [0.29, 0.717) is 24.2 Å². The van der Waals surface area contributed by atoms with Crippen molar-refractivity contribution >= 4 is 23.2 Å². The topological polar surface area (TPSA) is 62.3 Å². The molecule has 0 bridgehead atoms. The van der Waals surface area contributed by atoms with Crippen LogP contribution < -0.4 is 10.2 Å². The third-order valence-corrected chi connectivity index (χ3v) is 5.65. The molecule has 1 aromatic heterocycles. The molecule has 1 aliphatic rings. The van der Waals surface area contributed by atoms with Crippen LogP contribution in [0.1, 0.15) is 39.2 Å². The van der Waals surface area contributed by atoms with Gasteiger partial charge in [-0.25, -0.2) is 0 Å². The van der Waals surface area contributed by atoms with E-state index in [9.17, 15) is 35.9 Å². The minimum Gasteiger partial charge on any atom is -0.322 e. The molecule has 1 N–H and O–H groups in total. The standard InChI is InChI=1S/C25H19F6N3O2/c26-24(27,28)17-5-1-4-15(10-17)11-22(35)34-9-3-8-20-21(34)12-16(14-32-20)23(36)33-19-7-2-6-18(13-19)25(29,30)31/h1-2,4-7,10,12-14H,3,8-9,11H2,(H,33,36). The molecule has 0 saturated carbocycles. The molecular formula is C25H19F6N3O2. The number of hydrogen-bond donors (Lipinski definition) is 1. The average molecular weight is 507 g/mol. The van der Waals surface area contributed by atoms with Crippen LogP contribution in [0.25, 0.3) is 0 Å². The molecule has 2 heterocycles. The van der Waals surface area contributed by atoms with E-state index in [0.717, 1.165) is 30.3 Å². The Bertz CT molecular complexity index is 1300. The molecule has 2 amide bonds. The maximum Gasteiger partial charge on any atom is 0.416 e. The third kappa shape index (κ3) is 5.67. The minimum absolute atomic E-state index is 0.0185. The van der Waals surface area contributed by atoms with Gasteiger partial charge in [-0.05, 0) is 48.7 Å². The summed E-state index contributed by atoms with van der Waals surface area (Å²) in [5.41, 5.74) is -0.759. The summed E-state index contributed by atoms with van der Waals surface area (Å²) < 4.78 is 77.9. The Morgan fingerprint density at radius 1 is 0.917 bits per heavy atom. The van der Waals surface area contributed by atoms with Crippen LogP contribution >= 0.6 is 0 Å². The third-order valence-electron chi connectivity index (χ3n) is 5.65. The Balaban J connectivity index is 1.55. The summed E-state index contributed by atoms with van der Waals surface area (Å²) in [7, 11) is 0. The number of amides is 2. The van der Waals surface area contributed by atoms with Gasteiger partial charge in [0, 0.05) is 18.4 Å². The zero-order chi connectivity index (χ0) is 26.1. The number of carbonyl (C=O) groups excluding carboxylic acids is 2. The molecule has 1 aliphatic heterocycles. The van der Waals surface area contributed by atoms with Crippen LogP contribution in [-0.4, -0.2) is 23.3 Å². The van der Waals surface area contributed by atoms with Gasteiger partial charge in [0.15, 0.2) is 0 Å². The molecule has 5 nitrogen and oxygen atoms in total. The van der Waals surface area contributed by atoms with E-state index in [1.54, 1.807) is 0 Å². The van der Waals surface area contributed by atoms with Crippen molar-refractivity contribution in [1.29, 1.82) is 0 Å². The van der Waals surface area contributed by atoms with E-state index in [1.807, 2.05) is 0 Å². The number of anilines is 2. The van der Waals surface area contributed by atoms with Gasteiger partial charge in [-0.15, -0.1) is 0 Å². The Kier molecular flexibility index (Phi) is 6.75. The van der Waals surface area contributed by atoms with Crippen molar-refractivity contribution < 1.29 is 35.9 Å². The summed E-state index contributed by atoms with van der Waals surface area (Å²) in [4.78, 5) is 31.3. The molecule has 4 rings (SSSR count). The highest BCUT2D eigenvalue weighted by molar-refractivity contribution is 6.05. The number of fused-ring (bicyclic) bond motifs is 1. The molecule has 11 heteroatoms. The van der Waals surface area contributed by atoms with Gasteiger partial charge in [-0.1, -0.05) is 24.3 Å². The molecule has 2 aromatic carbocycles. The van der Waals surface area contributed by atoms with Gasteiger partial charge >= 0.3 is 12.4 Å². The van der Waals surface area contributed by atoms with Crippen molar-refractivity contribution in [3.05, 3.63) is 88.7 Å². The lowest BCUT2D eigenvalue weighted by Gasteiger charge is -2.29. The first-order valence-electron chi connectivity index (χ1n) is 10.9. The predicted molar refractivity (Wildman–Crippen MR) is 119 cm³/mol. The van der Waals surface area contributed by atoms with Crippen molar-refractivity contribution in [2.75, 3.05) is 16.8 Å². The number of rotatable bonds is 4. The molecule has 0 saturated heterocycles. The lowest BCUT2D eigenvalue weighted by molar-refractivity contribution is -0.138. The highest BCUT2D eigenvalue weighted by atomic mass is 19.4. The van der Waals surface area contributed by atoms with E-state index in [4.69, 9.17) is 0 Å². The van der Waals surface area contributed by atoms with Crippen LogP contribution in [0.3, 0.4) is 0 Å². The molecular weight excluding hydrogens is 488 g/mol. The number of nitrogens with zero attached hydrogens (tertiary/aromatic N) is 2. The van der Waals surface area contributed by atoms with E-state index >= 15 is 0 Å². The van der Waals surface area contributed by atoms with Crippen molar-refractivity contribution in [2.45, 2.75) is 31.6 Å². The Morgan fingerprint density at radius 2 is 1.58 bits per heavy atom. The van der Waals surface area contributed by atoms with Gasteiger partial charge in [0.05, 0.1) is 34.5 Å². The molecule has 0 radical (unpaired) electrons. The number of halogens is 6. The Morgan fingerprint density at radius 3 is 2.28 bits per heavy atom. The Labute approximate surface area is 201 Å². The van der Waals surface area contributed by atoms with Crippen LogP contribution in [0, 0.1) is 0 Å². The maximum atomic E-state index is 13.0. The van der Waals surface area contributed by atoms with Crippen molar-refractivity contribution in [3.63, 3.8) is 0 Å². The number of aromatic nitrogens is 1. The van der Waals surface area contributed by atoms with E-state index < -0.39 is 35.3 Å². The summed E-state index contributed by atoms with van der Waals surface area (Å²) in [6.07, 6.45) is -7.04. The van der Waals surface area contributed by atoms with Gasteiger partial charge in [0.2, 0.25) is 5.91 Å². The second-order valence-electron chi connectivity index (χ2n) is 8.25. The van der Waals surface area contributed by atoms with Crippen LogP contribution in [0.2, 0.25) is 0 Å². The average Bonchev–Trinajstić information content (AvgIpc) is 2.82. The first-order chi connectivity index (χ1) is 16.9. The van der Waals surface area contributed by atoms with Crippen LogP contribution in [-0.2, 0) is 30.0 Å². The van der Waals surface area contributed by atoms with Gasteiger partial charge in [-0.2, -0.15) is 26.3 Å². The minimum atomic E-state index is -4.57. The summed E-state index contributed by atoms with van der Waals surface area (Å²) in [5.74, 6) is -1.19. The lowest BCUT2D eigenvalue weighted by atomic mass is 10.0. The second kappa shape index (κ2) is 9.63. The summed E-state index contributed by atoms with van der Waals surface area (Å²) in [6.45, 7) is 0.283. The summed E-state index contributed by atoms with van der Waals surface area (Å²) in [5, 5.41) is 2.39. The molecule has 36 heavy (non-hydrogen) atoms. The molecule has 0 spiro atoms. The zero-order valence-electron chi connectivity index (χ0n) is 18.6. The maximum absolute atomic E-state index is 13.0. The molecule has 188 valence electrons. The van der Waals surface area contributed by atoms with Gasteiger partial charge in [0.25, 0.3) is 5.91 Å². The van der Waals surface area contributed by atoms with Crippen LogP contribution in [0.15, 0.2) is 60.8 Å². The highest BCUT2D eigenvalue weighted by Crippen LogP contribution is 2.32. The first-order valence-corrected chi connectivity index (χ1v) is 10.9. The normalized spacial score (nSPS) is 13.8. The summed E-state index contributed by atoms with van der Waals surface area (Å²) >= 11 is 0. The fourth-order valence-electron chi connectivity index (χ4n) is 3.92. The predicted octanol–water partition coefficient (Wildman–Crippen LogP) is 5.89. The smallest absolute Gasteiger partial charge is 0.322 e. The highest BCUT2D eigenvalue weighted by Gasteiger charge is 2.32. The number of nitrogens with one attached hydrogen (secondary N) is 1. The zero-order valence-corrected chi connectivity index (χ0v) is 18.6. The fraction of sp³-hybridized carbons (Fsp3) is 0.240. The number of pyridine rings is 1. The van der Waals surface area contributed by atoms with E-state index in [1.165, 1.54) is 35.4 Å². The number of benzene rings is 2. The van der Waals surface area contributed by atoms with E-state index in [-0.39, 0.29) is 29.8 Å². The van der Waals surface area contributed by atoms with Crippen molar-refractivity contribution in [1.82, 2.24) is 4.98 Å². The number of alkyl halides is 6. The van der Waals surface area contributed by atoms with Gasteiger partial charge in [0.1, 0.15) is 0 Å². The monoisotopic (exact) mass is 507 g/mol. The Hall–Kier alpha value is -3.89. The second-order valence-corrected chi connectivity index (χ2v) is 8.25. The van der Waals surface area contributed by atoms with E-state index in [2.05, 4.69) is 10.3 Å². The van der Waals surface area contributed by atoms with Gasteiger partial charge in [-0.3, -0.25) is 14.6 Å². The molecule has 0 aliphatic carbocycles. The largest absolute Gasteiger partial charge is 0.416 e. The summed E-state index contributed by atoms with van der Waals surface area (Å²) in [6, 6.07) is 10.1. The number of carbonyl (C=O) groups is 2. The molecule has 0 unspecified atom stereocenters. The van der Waals surface area contributed by atoms with Gasteiger partial charge < -0.3 is 10.2 Å². The van der Waals surface area contributed by atoms with Crippen molar-refractivity contribution in [2.24, 2.45) is 0 Å². The lowest BCUT2D eigenvalue weighted by Crippen LogP contribution is -2.37. The van der Waals surface area contributed by atoms with Crippen LogP contribution in [0.5, 0.6) is 0 Å².